The van der Waals surface area contributed by atoms with Crippen LogP contribution in [0, 0.1) is 0 Å². The summed E-state index contributed by atoms with van der Waals surface area (Å²) in [6.45, 7) is 8.05. The van der Waals surface area contributed by atoms with Crippen LogP contribution in [0.2, 0.25) is 0 Å². The Morgan fingerprint density at radius 1 is 1.31 bits per heavy atom. The van der Waals surface area contributed by atoms with Crippen molar-refractivity contribution in [2.45, 2.75) is 51.8 Å². The first-order chi connectivity index (χ1) is 7.07. The zero-order chi connectivity index (χ0) is 13.0. The van der Waals surface area contributed by atoms with Crippen LogP contribution in [0.5, 0.6) is 0 Å². The maximum atomic E-state index is 11.1. The van der Waals surface area contributed by atoms with Gasteiger partial charge in [-0.2, -0.15) is 0 Å². The van der Waals surface area contributed by atoms with E-state index >= 15 is 0 Å². The fourth-order valence-corrected chi connectivity index (χ4v) is 2.33. The molecular formula is C11H25NO3S. The molecule has 0 aliphatic heterocycles. The standard InChI is InChI=1S/C11H25NO3S/c1-9(10(2)15-5)12-11(3,4)7-8-16(6,13)14/h9-10,12H,7-8H2,1-6H3. The summed E-state index contributed by atoms with van der Waals surface area (Å²) in [4.78, 5) is 0. The third kappa shape index (κ3) is 7.19. The van der Waals surface area contributed by atoms with Crippen molar-refractivity contribution in [1.29, 1.82) is 0 Å². The van der Waals surface area contributed by atoms with Gasteiger partial charge in [0.05, 0.1) is 11.9 Å². The molecule has 0 spiro atoms. The van der Waals surface area contributed by atoms with Crippen LogP contribution >= 0.6 is 0 Å². The monoisotopic (exact) mass is 251 g/mol. The molecule has 0 aromatic rings. The molecule has 2 atom stereocenters. The second kappa shape index (κ2) is 5.98. The zero-order valence-electron chi connectivity index (χ0n) is 11.2. The Morgan fingerprint density at radius 3 is 2.19 bits per heavy atom. The Bertz CT molecular complexity index is 298. The van der Waals surface area contributed by atoms with Crippen LogP contribution in [0.15, 0.2) is 0 Å². The molecule has 2 unspecified atom stereocenters. The number of nitrogens with one attached hydrogen (secondary N) is 1. The van der Waals surface area contributed by atoms with Crippen molar-refractivity contribution in [1.82, 2.24) is 5.32 Å². The molecular weight excluding hydrogens is 226 g/mol. The van der Waals surface area contributed by atoms with Crippen LogP contribution in [-0.4, -0.2) is 45.2 Å². The van der Waals surface area contributed by atoms with Gasteiger partial charge in [-0.1, -0.05) is 0 Å². The van der Waals surface area contributed by atoms with Crippen molar-refractivity contribution in [3.05, 3.63) is 0 Å². The number of ether oxygens (including phenoxy) is 1. The van der Waals surface area contributed by atoms with E-state index in [9.17, 15) is 8.42 Å². The Kier molecular flexibility index (Phi) is 5.93. The molecule has 98 valence electrons. The maximum Gasteiger partial charge on any atom is 0.147 e. The largest absolute Gasteiger partial charge is 0.380 e. The lowest BCUT2D eigenvalue weighted by Gasteiger charge is -2.32. The van der Waals surface area contributed by atoms with E-state index in [4.69, 9.17) is 4.74 Å². The van der Waals surface area contributed by atoms with Gasteiger partial charge in [-0.3, -0.25) is 0 Å². The third-order valence-electron chi connectivity index (χ3n) is 2.79. The van der Waals surface area contributed by atoms with E-state index in [1.165, 1.54) is 6.26 Å². The van der Waals surface area contributed by atoms with E-state index in [2.05, 4.69) is 5.32 Å². The molecule has 0 aromatic carbocycles. The predicted octanol–water partition coefficient (Wildman–Crippen LogP) is 1.21. The Balaban J connectivity index is 4.24. The molecule has 0 rings (SSSR count). The normalized spacial score (nSPS) is 17.1. The molecule has 0 aliphatic rings. The van der Waals surface area contributed by atoms with Gasteiger partial charge in [-0.05, 0) is 34.1 Å². The van der Waals surface area contributed by atoms with Gasteiger partial charge in [0.25, 0.3) is 0 Å². The quantitative estimate of drug-likeness (QED) is 0.739. The van der Waals surface area contributed by atoms with Gasteiger partial charge >= 0.3 is 0 Å². The second-order valence-electron chi connectivity index (χ2n) is 5.14. The molecule has 0 saturated carbocycles. The van der Waals surface area contributed by atoms with Gasteiger partial charge in [0.1, 0.15) is 9.84 Å². The van der Waals surface area contributed by atoms with Gasteiger partial charge < -0.3 is 10.1 Å². The summed E-state index contributed by atoms with van der Waals surface area (Å²) < 4.78 is 27.4. The lowest BCUT2D eigenvalue weighted by Crippen LogP contribution is -2.50. The van der Waals surface area contributed by atoms with Crippen LogP contribution in [0.4, 0.5) is 0 Å². The lowest BCUT2D eigenvalue weighted by atomic mass is 9.99. The van der Waals surface area contributed by atoms with Crippen molar-refractivity contribution >= 4 is 9.84 Å². The minimum Gasteiger partial charge on any atom is -0.380 e. The van der Waals surface area contributed by atoms with Crippen molar-refractivity contribution < 1.29 is 13.2 Å². The van der Waals surface area contributed by atoms with Crippen LogP contribution in [0.25, 0.3) is 0 Å². The van der Waals surface area contributed by atoms with E-state index in [0.29, 0.717) is 6.42 Å². The van der Waals surface area contributed by atoms with E-state index in [0.717, 1.165) is 0 Å². The Morgan fingerprint density at radius 2 is 1.81 bits per heavy atom. The number of rotatable bonds is 7. The molecule has 1 N–H and O–H groups in total. The molecule has 0 amide bonds. The number of hydrogen-bond acceptors (Lipinski definition) is 4. The molecule has 0 fully saturated rings. The first-order valence-electron chi connectivity index (χ1n) is 5.55. The van der Waals surface area contributed by atoms with Gasteiger partial charge in [-0.25, -0.2) is 8.42 Å². The summed E-state index contributed by atoms with van der Waals surface area (Å²) in [5.74, 6) is 0.209. The van der Waals surface area contributed by atoms with Crippen LogP contribution in [0.3, 0.4) is 0 Å². The molecule has 0 radical (unpaired) electrons. The summed E-state index contributed by atoms with van der Waals surface area (Å²) in [5.41, 5.74) is -0.199. The third-order valence-corrected chi connectivity index (χ3v) is 3.74. The van der Waals surface area contributed by atoms with E-state index in [1.807, 2.05) is 27.7 Å². The van der Waals surface area contributed by atoms with Gasteiger partial charge in [0.15, 0.2) is 0 Å². The first kappa shape index (κ1) is 15.9. The number of sulfone groups is 1. The van der Waals surface area contributed by atoms with Crippen molar-refractivity contribution in [3.8, 4) is 0 Å². The lowest BCUT2D eigenvalue weighted by molar-refractivity contribution is 0.0775. The van der Waals surface area contributed by atoms with Gasteiger partial charge in [0.2, 0.25) is 0 Å². The van der Waals surface area contributed by atoms with Crippen LogP contribution < -0.4 is 5.32 Å². The smallest absolute Gasteiger partial charge is 0.147 e. The molecule has 0 aliphatic carbocycles. The highest BCUT2D eigenvalue weighted by Crippen LogP contribution is 2.12. The summed E-state index contributed by atoms with van der Waals surface area (Å²) in [6.07, 6.45) is 1.98. The Hall–Kier alpha value is -0.130. The summed E-state index contributed by atoms with van der Waals surface area (Å²) in [6, 6.07) is 0.194. The maximum absolute atomic E-state index is 11.1. The summed E-state index contributed by atoms with van der Waals surface area (Å²) >= 11 is 0. The molecule has 0 aromatic heterocycles. The van der Waals surface area contributed by atoms with Crippen molar-refractivity contribution in [2.24, 2.45) is 0 Å². The van der Waals surface area contributed by atoms with E-state index < -0.39 is 9.84 Å². The molecule has 0 bridgehead atoms. The second-order valence-corrected chi connectivity index (χ2v) is 7.40. The highest BCUT2D eigenvalue weighted by atomic mass is 32.2. The first-order valence-corrected chi connectivity index (χ1v) is 7.61. The summed E-state index contributed by atoms with van der Waals surface area (Å²) in [5, 5.41) is 3.39. The zero-order valence-corrected chi connectivity index (χ0v) is 12.0. The number of methoxy groups -OCH3 is 1. The molecule has 0 heterocycles. The fraction of sp³-hybridized carbons (Fsp3) is 1.00. The van der Waals surface area contributed by atoms with Crippen LogP contribution in [-0.2, 0) is 14.6 Å². The number of hydrogen-bond donors (Lipinski definition) is 1. The predicted molar refractivity (Wildman–Crippen MR) is 67.5 cm³/mol. The fourth-order valence-electron chi connectivity index (χ4n) is 1.45. The average Bonchev–Trinajstić information content (AvgIpc) is 2.12. The van der Waals surface area contributed by atoms with Gasteiger partial charge in [0, 0.05) is 24.9 Å². The molecule has 4 nitrogen and oxygen atoms in total. The molecule has 0 saturated heterocycles. The minimum absolute atomic E-state index is 0.109. The van der Waals surface area contributed by atoms with E-state index in [1.54, 1.807) is 7.11 Å². The highest BCUT2D eigenvalue weighted by Gasteiger charge is 2.24. The Labute approximate surface area is 99.7 Å². The van der Waals surface area contributed by atoms with Gasteiger partial charge in [-0.15, -0.1) is 0 Å². The van der Waals surface area contributed by atoms with Crippen molar-refractivity contribution in [3.63, 3.8) is 0 Å². The SMILES string of the molecule is COC(C)C(C)NC(C)(C)CCS(C)(=O)=O. The minimum atomic E-state index is -2.89. The van der Waals surface area contributed by atoms with Crippen LogP contribution in [0.1, 0.15) is 34.1 Å². The van der Waals surface area contributed by atoms with Crippen molar-refractivity contribution in [2.75, 3.05) is 19.1 Å². The molecule has 5 heteroatoms. The average molecular weight is 251 g/mol. The van der Waals surface area contributed by atoms with E-state index in [-0.39, 0.29) is 23.4 Å². The topological polar surface area (TPSA) is 55.4 Å². The summed E-state index contributed by atoms with van der Waals surface area (Å²) in [7, 11) is -1.22. The highest BCUT2D eigenvalue weighted by molar-refractivity contribution is 7.90. The molecule has 16 heavy (non-hydrogen) atoms.